The zero-order valence-electron chi connectivity index (χ0n) is 21.4. The summed E-state index contributed by atoms with van der Waals surface area (Å²) in [5.41, 5.74) is 3.03. The predicted molar refractivity (Wildman–Crippen MR) is 150 cm³/mol. The van der Waals surface area contributed by atoms with Crippen molar-refractivity contribution >= 4 is 33.2 Å². The molecule has 1 aliphatic carbocycles. The number of nitrogens with zero attached hydrogens (tertiary/aromatic N) is 1. The number of rotatable bonds is 9. The highest BCUT2D eigenvalue weighted by molar-refractivity contribution is 7.18. The number of aromatic nitrogens is 2. The summed E-state index contributed by atoms with van der Waals surface area (Å²) in [6.45, 7) is 5.05. The van der Waals surface area contributed by atoms with E-state index in [1.54, 1.807) is 30.6 Å². The van der Waals surface area contributed by atoms with Crippen LogP contribution in [-0.4, -0.2) is 30.3 Å². The first-order valence-corrected chi connectivity index (χ1v) is 14.0. The fourth-order valence-electron chi connectivity index (χ4n) is 4.73. The van der Waals surface area contributed by atoms with Gasteiger partial charge in [-0.3, -0.25) is 4.79 Å². The van der Waals surface area contributed by atoms with E-state index in [-0.39, 0.29) is 5.56 Å². The minimum Gasteiger partial charge on any atom is -0.493 e. The van der Waals surface area contributed by atoms with Gasteiger partial charge in [-0.15, -0.1) is 11.3 Å². The van der Waals surface area contributed by atoms with Crippen LogP contribution in [0.1, 0.15) is 55.0 Å². The third kappa shape index (κ3) is 5.34. The van der Waals surface area contributed by atoms with Crippen LogP contribution in [0.25, 0.3) is 21.6 Å². The Morgan fingerprint density at radius 2 is 1.86 bits per heavy atom. The lowest BCUT2D eigenvalue weighted by molar-refractivity contribution is 0.211. The van der Waals surface area contributed by atoms with Gasteiger partial charge in [0.05, 0.1) is 17.5 Å². The lowest BCUT2D eigenvalue weighted by Gasteiger charge is -2.15. The third-order valence-corrected chi connectivity index (χ3v) is 8.45. The molecule has 6 nitrogen and oxygen atoms in total. The van der Waals surface area contributed by atoms with Crippen LogP contribution in [0.15, 0.2) is 41.2 Å². The molecule has 0 spiro atoms. The monoisotopic (exact) mass is 538 g/mol. The Morgan fingerprint density at radius 1 is 1.11 bits per heavy atom. The summed E-state index contributed by atoms with van der Waals surface area (Å²) in [6, 6.07) is 11.7. The molecule has 0 saturated heterocycles. The van der Waals surface area contributed by atoms with Crippen molar-refractivity contribution in [1.29, 1.82) is 0 Å². The number of thiophene rings is 1. The number of halogens is 1. The summed E-state index contributed by atoms with van der Waals surface area (Å²) >= 11 is 8.22. The summed E-state index contributed by atoms with van der Waals surface area (Å²) in [7, 11) is 1.56. The Morgan fingerprint density at radius 3 is 2.62 bits per heavy atom. The first kappa shape index (κ1) is 25.6. The molecular weight excluding hydrogens is 508 g/mol. The van der Waals surface area contributed by atoms with Gasteiger partial charge >= 0.3 is 0 Å². The molecule has 2 aromatic heterocycles. The third-order valence-electron chi connectivity index (χ3n) is 6.99. The SMILES string of the molecule is CC[C@H](C)c1ccc(OCCOc2c(Cl)cc(-c3nc4sc5c(c4c(=O)[nH]3)CCCC5)cc2OC)cc1. The first-order chi connectivity index (χ1) is 18.0. The molecule has 1 N–H and O–H groups in total. The smallest absolute Gasteiger partial charge is 0.260 e. The second kappa shape index (κ2) is 11.2. The van der Waals surface area contributed by atoms with Crippen LogP contribution in [0.4, 0.5) is 0 Å². The van der Waals surface area contributed by atoms with E-state index in [1.807, 2.05) is 12.1 Å². The van der Waals surface area contributed by atoms with Crippen molar-refractivity contribution in [2.24, 2.45) is 0 Å². The lowest BCUT2D eigenvalue weighted by Crippen LogP contribution is -2.11. The number of hydrogen-bond acceptors (Lipinski definition) is 6. The number of H-pyrrole nitrogens is 1. The predicted octanol–water partition coefficient (Wildman–Crippen LogP) is 7.16. The lowest BCUT2D eigenvalue weighted by atomic mass is 9.97. The normalized spacial score (nSPS) is 13.8. The van der Waals surface area contributed by atoms with E-state index in [0.29, 0.717) is 47.0 Å². The average Bonchev–Trinajstić information content (AvgIpc) is 3.30. The van der Waals surface area contributed by atoms with Crippen LogP contribution in [0.2, 0.25) is 5.02 Å². The molecule has 4 aromatic rings. The number of hydrogen-bond donors (Lipinski definition) is 1. The summed E-state index contributed by atoms with van der Waals surface area (Å²) in [5, 5.41) is 1.11. The van der Waals surface area contributed by atoms with Crippen molar-refractivity contribution in [3.05, 3.63) is 67.8 Å². The maximum Gasteiger partial charge on any atom is 0.260 e. The van der Waals surface area contributed by atoms with Crippen LogP contribution < -0.4 is 19.8 Å². The zero-order chi connectivity index (χ0) is 25.9. The van der Waals surface area contributed by atoms with Crippen molar-refractivity contribution in [3.8, 4) is 28.6 Å². The Labute approximate surface area is 225 Å². The van der Waals surface area contributed by atoms with E-state index in [2.05, 4.69) is 31.0 Å². The first-order valence-electron chi connectivity index (χ1n) is 12.8. The second-order valence-corrected chi connectivity index (χ2v) is 10.9. The van der Waals surface area contributed by atoms with Gasteiger partial charge in [0, 0.05) is 10.4 Å². The van der Waals surface area contributed by atoms with Crippen LogP contribution in [0.3, 0.4) is 0 Å². The van der Waals surface area contributed by atoms with Gasteiger partial charge in [0.25, 0.3) is 5.56 Å². The van der Waals surface area contributed by atoms with Crippen LogP contribution in [0, 0.1) is 0 Å². The van der Waals surface area contributed by atoms with E-state index >= 15 is 0 Å². The molecule has 0 radical (unpaired) electrons. The number of aromatic amines is 1. The minimum atomic E-state index is -0.107. The summed E-state index contributed by atoms with van der Waals surface area (Å²) in [6.07, 6.45) is 5.34. The maximum absolute atomic E-state index is 13.0. The molecule has 5 rings (SSSR count). The van der Waals surface area contributed by atoms with Gasteiger partial charge in [-0.05, 0) is 73.4 Å². The molecular formula is C29H31ClN2O4S. The molecule has 37 heavy (non-hydrogen) atoms. The van der Waals surface area contributed by atoms with Crippen LogP contribution >= 0.6 is 22.9 Å². The maximum atomic E-state index is 13.0. The number of fused-ring (bicyclic) bond motifs is 3. The molecule has 2 heterocycles. The molecule has 8 heteroatoms. The number of aryl methyl sites for hydroxylation is 2. The van der Waals surface area contributed by atoms with Crippen molar-refractivity contribution in [1.82, 2.24) is 9.97 Å². The van der Waals surface area contributed by atoms with Gasteiger partial charge in [0.1, 0.15) is 29.6 Å². The standard InChI is InChI=1S/C29H31ClN2O4S/c1-4-17(2)18-9-11-20(12-10-18)35-13-14-36-26-22(30)15-19(16-23(26)34-3)27-31-28(33)25-21-7-5-6-8-24(21)37-29(25)32-27/h9-12,15-17H,4-8,13-14H2,1-3H3,(H,31,32,33)/t17-/m0/s1. The van der Waals surface area contributed by atoms with Crippen molar-refractivity contribution in [3.63, 3.8) is 0 Å². The quantitative estimate of drug-likeness (QED) is 0.229. The molecule has 0 bridgehead atoms. The largest absolute Gasteiger partial charge is 0.493 e. The fraction of sp³-hybridized carbons (Fsp3) is 0.379. The highest BCUT2D eigenvalue weighted by Crippen LogP contribution is 2.40. The Balaban J connectivity index is 1.30. The van der Waals surface area contributed by atoms with Crippen LogP contribution in [-0.2, 0) is 12.8 Å². The topological polar surface area (TPSA) is 73.4 Å². The molecule has 0 saturated carbocycles. The highest BCUT2D eigenvalue weighted by atomic mass is 35.5. The van der Waals surface area contributed by atoms with Crippen molar-refractivity contribution < 1.29 is 14.2 Å². The van der Waals surface area contributed by atoms with Crippen molar-refractivity contribution in [2.45, 2.75) is 51.9 Å². The van der Waals surface area contributed by atoms with E-state index in [4.69, 9.17) is 30.8 Å². The van der Waals surface area contributed by atoms with Crippen molar-refractivity contribution in [2.75, 3.05) is 20.3 Å². The number of nitrogens with one attached hydrogen (secondary N) is 1. The molecule has 0 fully saturated rings. The van der Waals surface area contributed by atoms with Gasteiger partial charge < -0.3 is 19.2 Å². The van der Waals surface area contributed by atoms with E-state index in [9.17, 15) is 4.79 Å². The van der Waals surface area contributed by atoms with Gasteiger partial charge in [0.15, 0.2) is 11.5 Å². The van der Waals surface area contributed by atoms with Gasteiger partial charge in [-0.25, -0.2) is 4.98 Å². The Hall–Kier alpha value is -3.03. The molecule has 2 aromatic carbocycles. The van der Waals surface area contributed by atoms with Crippen LogP contribution in [0.5, 0.6) is 17.2 Å². The number of benzene rings is 2. The summed E-state index contributed by atoms with van der Waals surface area (Å²) in [5.74, 6) is 2.68. The van der Waals surface area contributed by atoms with Gasteiger partial charge in [0.2, 0.25) is 0 Å². The molecule has 0 aliphatic heterocycles. The molecule has 0 amide bonds. The summed E-state index contributed by atoms with van der Waals surface area (Å²) in [4.78, 5) is 22.8. The molecule has 194 valence electrons. The molecule has 0 unspecified atom stereocenters. The van der Waals surface area contributed by atoms with E-state index < -0.39 is 0 Å². The second-order valence-electron chi connectivity index (χ2n) is 9.37. The van der Waals surface area contributed by atoms with E-state index in [1.165, 1.54) is 16.0 Å². The molecule has 1 atom stereocenters. The van der Waals surface area contributed by atoms with Gasteiger partial charge in [-0.1, -0.05) is 37.6 Å². The Bertz CT molecular complexity index is 1460. The zero-order valence-corrected chi connectivity index (χ0v) is 22.9. The summed E-state index contributed by atoms with van der Waals surface area (Å²) < 4.78 is 17.3. The highest BCUT2D eigenvalue weighted by Gasteiger charge is 2.21. The number of methoxy groups -OCH3 is 1. The van der Waals surface area contributed by atoms with E-state index in [0.717, 1.165) is 48.1 Å². The molecule has 1 aliphatic rings. The minimum absolute atomic E-state index is 0.107. The Kier molecular flexibility index (Phi) is 7.72. The number of ether oxygens (including phenoxy) is 3. The van der Waals surface area contributed by atoms with Gasteiger partial charge in [-0.2, -0.15) is 0 Å². The fourth-order valence-corrected chi connectivity index (χ4v) is 6.26. The average molecular weight is 539 g/mol.